The van der Waals surface area contributed by atoms with E-state index in [4.69, 9.17) is 4.74 Å². The minimum Gasteiger partial charge on any atom is -0.483 e. The number of aromatic amines is 1. The van der Waals surface area contributed by atoms with Crippen molar-refractivity contribution >= 4 is 5.91 Å². The average Bonchev–Trinajstić information content (AvgIpc) is 2.94. The van der Waals surface area contributed by atoms with Crippen LogP contribution in [0.4, 0.5) is 0 Å². The summed E-state index contributed by atoms with van der Waals surface area (Å²) in [5.74, 6) is 1.30. The van der Waals surface area contributed by atoms with Crippen molar-refractivity contribution in [3.8, 4) is 5.75 Å². The Morgan fingerprint density at radius 2 is 2.25 bits per heavy atom. The molecule has 0 aliphatic heterocycles. The molecular weight excluding hydrogens is 254 g/mol. The number of carbonyl (C=O) groups excluding carboxylic acids is 1. The van der Waals surface area contributed by atoms with Gasteiger partial charge in [0.05, 0.1) is 6.04 Å². The van der Waals surface area contributed by atoms with Gasteiger partial charge >= 0.3 is 0 Å². The maximum Gasteiger partial charge on any atom is 0.258 e. The van der Waals surface area contributed by atoms with Gasteiger partial charge in [0.25, 0.3) is 5.91 Å². The fraction of sp³-hybridized carbons (Fsp3) is 0.333. The van der Waals surface area contributed by atoms with E-state index in [0.717, 1.165) is 22.7 Å². The largest absolute Gasteiger partial charge is 0.483 e. The van der Waals surface area contributed by atoms with E-state index < -0.39 is 0 Å². The molecule has 0 bridgehead atoms. The number of H-pyrrole nitrogens is 1. The van der Waals surface area contributed by atoms with E-state index >= 15 is 0 Å². The lowest BCUT2D eigenvalue weighted by molar-refractivity contribution is -0.123. The SMILES string of the molecule is Cc1cccc(OCC(=O)NC(C)c2ncc[nH]2)c1C. The third-order valence-corrected chi connectivity index (χ3v) is 3.22. The van der Waals surface area contributed by atoms with Crippen LogP contribution in [0.15, 0.2) is 30.6 Å². The number of carbonyl (C=O) groups is 1. The Labute approximate surface area is 118 Å². The standard InChI is InChI=1S/C15H19N3O2/c1-10-5-4-6-13(11(10)2)20-9-14(19)18-12(3)15-16-7-8-17-15/h4-8,12H,9H2,1-3H3,(H,16,17)(H,18,19). The van der Waals surface area contributed by atoms with Gasteiger partial charge in [-0.1, -0.05) is 12.1 Å². The molecule has 0 saturated carbocycles. The second kappa shape index (κ2) is 6.23. The highest BCUT2D eigenvalue weighted by Gasteiger charge is 2.12. The summed E-state index contributed by atoms with van der Waals surface area (Å²) in [7, 11) is 0. The monoisotopic (exact) mass is 273 g/mol. The molecule has 0 aliphatic rings. The van der Waals surface area contributed by atoms with Crippen LogP contribution in [0.3, 0.4) is 0 Å². The van der Waals surface area contributed by atoms with Crippen LogP contribution in [0.1, 0.15) is 29.9 Å². The van der Waals surface area contributed by atoms with Crippen molar-refractivity contribution in [2.75, 3.05) is 6.61 Å². The second-order valence-corrected chi connectivity index (χ2v) is 4.75. The molecule has 2 N–H and O–H groups in total. The topological polar surface area (TPSA) is 67.0 Å². The summed E-state index contributed by atoms with van der Waals surface area (Å²) in [6, 6.07) is 5.63. The number of nitrogens with one attached hydrogen (secondary N) is 2. The van der Waals surface area contributed by atoms with E-state index in [2.05, 4.69) is 15.3 Å². The summed E-state index contributed by atoms with van der Waals surface area (Å²) < 4.78 is 5.55. The van der Waals surface area contributed by atoms with Gasteiger partial charge in [0.15, 0.2) is 6.61 Å². The van der Waals surface area contributed by atoms with Crippen molar-refractivity contribution in [3.63, 3.8) is 0 Å². The Kier molecular flexibility index (Phi) is 4.40. The molecule has 1 aromatic heterocycles. The quantitative estimate of drug-likeness (QED) is 0.878. The smallest absolute Gasteiger partial charge is 0.258 e. The molecule has 1 heterocycles. The summed E-state index contributed by atoms with van der Waals surface area (Å²) in [6.45, 7) is 5.86. The van der Waals surface area contributed by atoms with Gasteiger partial charge in [-0.05, 0) is 38.0 Å². The Morgan fingerprint density at radius 3 is 2.95 bits per heavy atom. The van der Waals surface area contributed by atoms with Gasteiger partial charge in [-0.3, -0.25) is 4.79 Å². The molecular formula is C15H19N3O2. The van der Waals surface area contributed by atoms with E-state index in [0.29, 0.717) is 0 Å². The second-order valence-electron chi connectivity index (χ2n) is 4.75. The molecule has 20 heavy (non-hydrogen) atoms. The van der Waals surface area contributed by atoms with Crippen LogP contribution in [0.5, 0.6) is 5.75 Å². The number of aryl methyl sites for hydroxylation is 1. The lowest BCUT2D eigenvalue weighted by atomic mass is 10.1. The number of hydrogen-bond acceptors (Lipinski definition) is 3. The zero-order valence-corrected chi connectivity index (χ0v) is 11.9. The minimum atomic E-state index is -0.171. The summed E-state index contributed by atoms with van der Waals surface area (Å²) in [5, 5.41) is 2.83. The maximum atomic E-state index is 11.8. The van der Waals surface area contributed by atoms with Crippen LogP contribution < -0.4 is 10.1 Å². The normalized spacial score (nSPS) is 11.9. The van der Waals surface area contributed by atoms with E-state index in [1.165, 1.54) is 0 Å². The molecule has 0 saturated heterocycles. The summed E-state index contributed by atoms with van der Waals surface area (Å²) >= 11 is 0. The molecule has 5 heteroatoms. The van der Waals surface area contributed by atoms with E-state index in [1.807, 2.05) is 39.0 Å². The van der Waals surface area contributed by atoms with Crippen LogP contribution in [0.2, 0.25) is 0 Å². The van der Waals surface area contributed by atoms with Crippen molar-refractivity contribution in [2.45, 2.75) is 26.8 Å². The van der Waals surface area contributed by atoms with Crippen molar-refractivity contribution in [1.82, 2.24) is 15.3 Å². The summed E-state index contributed by atoms with van der Waals surface area (Å²) in [5.41, 5.74) is 2.20. The lowest BCUT2D eigenvalue weighted by Gasteiger charge is -2.13. The third kappa shape index (κ3) is 3.38. The van der Waals surface area contributed by atoms with Gasteiger partial charge in [0, 0.05) is 12.4 Å². The van der Waals surface area contributed by atoms with Gasteiger partial charge < -0.3 is 15.0 Å². The van der Waals surface area contributed by atoms with Crippen LogP contribution >= 0.6 is 0 Å². The Bertz CT molecular complexity index is 579. The molecule has 0 radical (unpaired) electrons. The number of benzene rings is 1. The molecule has 2 rings (SSSR count). The van der Waals surface area contributed by atoms with Crippen molar-refractivity contribution < 1.29 is 9.53 Å². The van der Waals surface area contributed by atoms with Gasteiger partial charge in [0.1, 0.15) is 11.6 Å². The highest BCUT2D eigenvalue weighted by molar-refractivity contribution is 5.77. The number of nitrogens with zero attached hydrogens (tertiary/aromatic N) is 1. The third-order valence-electron chi connectivity index (χ3n) is 3.22. The van der Waals surface area contributed by atoms with Crippen LogP contribution in [0, 0.1) is 13.8 Å². The van der Waals surface area contributed by atoms with Gasteiger partial charge in [0.2, 0.25) is 0 Å². The molecule has 1 aromatic carbocycles. The molecule has 0 aliphatic carbocycles. The molecule has 0 spiro atoms. The highest BCUT2D eigenvalue weighted by Crippen LogP contribution is 2.20. The first-order chi connectivity index (χ1) is 9.58. The minimum absolute atomic E-state index is 0.00462. The maximum absolute atomic E-state index is 11.8. The molecule has 1 amide bonds. The highest BCUT2D eigenvalue weighted by atomic mass is 16.5. The predicted octanol–water partition coefficient (Wildman–Crippen LogP) is 2.28. The molecule has 5 nitrogen and oxygen atoms in total. The first-order valence-corrected chi connectivity index (χ1v) is 6.55. The Balaban J connectivity index is 1.88. The zero-order chi connectivity index (χ0) is 14.5. The van der Waals surface area contributed by atoms with E-state index in [-0.39, 0.29) is 18.6 Å². The lowest BCUT2D eigenvalue weighted by Crippen LogP contribution is -2.31. The number of ether oxygens (including phenoxy) is 1. The van der Waals surface area contributed by atoms with Crippen LogP contribution in [-0.2, 0) is 4.79 Å². The number of aromatic nitrogens is 2. The molecule has 2 aromatic rings. The van der Waals surface area contributed by atoms with E-state index in [1.54, 1.807) is 12.4 Å². The van der Waals surface area contributed by atoms with Gasteiger partial charge in [-0.25, -0.2) is 4.98 Å². The number of rotatable bonds is 5. The number of hydrogen-bond donors (Lipinski definition) is 2. The van der Waals surface area contributed by atoms with Gasteiger partial charge in [-0.2, -0.15) is 0 Å². The first kappa shape index (κ1) is 14.1. The fourth-order valence-corrected chi connectivity index (χ4v) is 1.89. The first-order valence-electron chi connectivity index (χ1n) is 6.55. The number of amides is 1. The predicted molar refractivity (Wildman–Crippen MR) is 76.6 cm³/mol. The number of imidazole rings is 1. The molecule has 106 valence electrons. The Morgan fingerprint density at radius 1 is 1.45 bits per heavy atom. The average molecular weight is 273 g/mol. The van der Waals surface area contributed by atoms with Crippen molar-refractivity contribution in [2.24, 2.45) is 0 Å². The Hall–Kier alpha value is -2.30. The molecule has 1 unspecified atom stereocenters. The van der Waals surface area contributed by atoms with Crippen LogP contribution in [-0.4, -0.2) is 22.5 Å². The fourth-order valence-electron chi connectivity index (χ4n) is 1.89. The molecule has 0 fully saturated rings. The zero-order valence-electron chi connectivity index (χ0n) is 11.9. The van der Waals surface area contributed by atoms with Gasteiger partial charge in [-0.15, -0.1) is 0 Å². The van der Waals surface area contributed by atoms with Crippen molar-refractivity contribution in [3.05, 3.63) is 47.5 Å². The van der Waals surface area contributed by atoms with Crippen molar-refractivity contribution in [1.29, 1.82) is 0 Å². The summed E-state index contributed by atoms with van der Waals surface area (Å²) in [4.78, 5) is 18.9. The molecule has 1 atom stereocenters. The van der Waals surface area contributed by atoms with Crippen LogP contribution in [0.25, 0.3) is 0 Å². The summed E-state index contributed by atoms with van der Waals surface area (Å²) in [6.07, 6.45) is 3.38. The van der Waals surface area contributed by atoms with E-state index in [9.17, 15) is 4.79 Å².